The average Bonchev–Trinajstić information content (AvgIpc) is 3.23. The lowest BCUT2D eigenvalue weighted by Gasteiger charge is -2.23. The number of carbonyl (C=O) groups is 2. The molecule has 0 spiro atoms. The molecule has 0 bridgehead atoms. The summed E-state index contributed by atoms with van der Waals surface area (Å²) in [7, 11) is 1.72. The molecule has 1 fully saturated rings. The molecule has 8 heteroatoms. The zero-order chi connectivity index (χ0) is 16.4. The van der Waals surface area contributed by atoms with E-state index in [0.717, 1.165) is 4.88 Å². The SMILES string of the molecule is CN1C(=O)CC(C(=O)Nc2ccn(CC#N)n2)C1c1cccs1. The molecule has 2 atom stereocenters. The molecule has 1 N–H and O–H groups in total. The van der Waals surface area contributed by atoms with E-state index in [1.165, 1.54) is 16.0 Å². The molecule has 1 aliphatic rings. The summed E-state index contributed by atoms with van der Waals surface area (Å²) in [5, 5.41) is 17.4. The molecule has 0 aliphatic carbocycles. The standard InChI is InChI=1S/C15H15N5O2S/c1-19-13(21)9-10(14(19)11-3-2-8-23-11)15(22)17-12-4-6-20(18-12)7-5-16/h2-4,6,8,10,14H,7,9H2,1H3,(H,17,18,22). The van der Waals surface area contributed by atoms with Gasteiger partial charge in [0.05, 0.1) is 18.0 Å². The average molecular weight is 329 g/mol. The van der Waals surface area contributed by atoms with Gasteiger partial charge >= 0.3 is 0 Å². The Labute approximate surface area is 137 Å². The first-order valence-electron chi connectivity index (χ1n) is 7.10. The van der Waals surface area contributed by atoms with Crippen LogP contribution in [0.15, 0.2) is 29.8 Å². The number of nitrogens with zero attached hydrogens (tertiary/aromatic N) is 4. The van der Waals surface area contributed by atoms with Crippen molar-refractivity contribution in [3.05, 3.63) is 34.7 Å². The predicted molar refractivity (Wildman–Crippen MR) is 84.4 cm³/mol. The molecule has 0 saturated carbocycles. The van der Waals surface area contributed by atoms with E-state index in [-0.39, 0.29) is 30.8 Å². The van der Waals surface area contributed by atoms with Crippen LogP contribution in [0.1, 0.15) is 17.3 Å². The molecule has 118 valence electrons. The smallest absolute Gasteiger partial charge is 0.231 e. The molecule has 1 saturated heterocycles. The highest BCUT2D eigenvalue weighted by molar-refractivity contribution is 7.10. The molecule has 3 rings (SSSR count). The van der Waals surface area contributed by atoms with Gasteiger partial charge in [0.25, 0.3) is 0 Å². The highest BCUT2D eigenvalue weighted by Gasteiger charge is 2.43. The number of amides is 2. The molecular weight excluding hydrogens is 314 g/mol. The van der Waals surface area contributed by atoms with Crippen LogP contribution in [0.3, 0.4) is 0 Å². The van der Waals surface area contributed by atoms with Crippen molar-refractivity contribution in [3.8, 4) is 6.07 Å². The van der Waals surface area contributed by atoms with Crippen LogP contribution in [0.4, 0.5) is 5.82 Å². The maximum atomic E-state index is 12.6. The Morgan fingerprint density at radius 3 is 3.09 bits per heavy atom. The van der Waals surface area contributed by atoms with Gasteiger partial charge in [-0.2, -0.15) is 10.4 Å². The second kappa shape index (κ2) is 6.22. The van der Waals surface area contributed by atoms with Crippen LogP contribution in [0.2, 0.25) is 0 Å². The van der Waals surface area contributed by atoms with E-state index >= 15 is 0 Å². The Bertz CT molecular complexity index is 761. The summed E-state index contributed by atoms with van der Waals surface area (Å²) < 4.78 is 1.44. The Morgan fingerprint density at radius 1 is 1.57 bits per heavy atom. The Balaban J connectivity index is 1.77. The van der Waals surface area contributed by atoms with Crippen LogP contribution in [0, 0.1) is 17.2 Å². The van der Waals surface area contributed by atoms with Gasteiger partial charge in [-0.05, 0) is 11.4 Å². The number of hydrogen-bond acceptors (Lipinski definition) is 5. The second-order valence-electron chi connectivity index (χ2n) is 5.32. The monoisotopic (exact) mass is 329 g/mol. The zero-order valence-electron chi connectivity index (χ0n) is 12.5. The third kappa shape index (κ3) is 2.96. The van der Waals surface area contributed by atoms with E-state index in [0.29, 0.717) is 5.82 Å². The van der Waals surface area contributed by atoms with Crippen LogP contribution in [0.25, 0.3) is 0 Å². The summed E-state index contributed by atoms with van der Waals surface area (Å²) in [6.45, 7) is 0.123. The highest BCUT2D eigenvalue weighted by Crippen LogP contribution is 2.39. The molecule has 1 aliphatic heterocycles. The number of likely N-dealkylation sites (tertiary alicyclic amines) is 1. The highest BCUT2D eigenvalue weighted by atomic mass is 32.1. The minimum absolute atomic E-state index is 0.0430. The van der Waals surface area contributed by atoms with Gasteiger partial charge in [-0.1, -0.05) is 6.07 Å². The number of nitrogens with one attached hydrogen (secondary N) is 1. The van der Waals surface area contributed by atoms with E-state index in [2.05, 4.69) is 10.4 Å². The summed E-state index contributed by atoms with van der Waals surface area (Å²) in [6.07, 6.45) is 1.81. The van der Waals surface area contributed by atoms with Crippen LogP contribution < -0.4 is 5.32 Å². The molecular formula is C15H15N5O2S. The molecule has 0 radical (unpaired) electrons. The van der Waals surface area contributed by atoms with E-state index in [9.17, 15) is 9.59 Å². The fourth-order valence-corrected chi connectivity index (χ4v) is 3.69. The van der Waals surface area contributed by atoms with Crippen molar-refractivity contribution >= 4 is 29.0 Å². The minimum atomic E-state index is -0.452. The zero-order valence-corrected chi connectivity index (χ0v) is 13.3. The first kappa shape index (κ1) is 15.2. The van der Waals surface area contributed by atoms with Gasteiger partial charge in [0.15, 0.2) is 5.82 Å². The number of rotatable bonds is 4. The van der Waals surface area contributed by atoms with Crippen molar-refractivity contribution in [3.63, 3.8) is 0 Å². The molecule has 7 nitrogen and oxygen atoms in total. The molecule has 2 aromatic rings. The molecule has 2 unspecified atom stereocenters. The lowest BCUT2D eigenvalue weighted by molar-refractivity contribution is -0.127. The normalized spacial score (nSPS) is 20.5. The van der Waals surface area contributed by atoms with Crippen molar-refractivity contribution < 1.29 is 9.59 Å². The number of thiophene rings is 1. The lowest BCUT2D eigenvalue weighted by atomic mass is 9.98. The van der Waals surface area contributed by atoms with Gasteiger partial charge in [-0.3, -0.25) is 14.3 Å². The number of nitriles is 1. The van der Waals surface area contributed by atoms with Gasteiger partial charge in [-0.15, -0.1) is 11.3 Å². The Hall–Kier alpha value is -2.66. The number of carbonyl (C=O) groups excluding carboxylic acids is 2. The van der Waals surface area contributed by atoms with Crippen LogP contribution in [0.5, 0.6) is 0 Å². The molecule has 0 aromatic carbocycles. The molecule has 2 aromatic heterocycles. The van der Waals surface area contributed by atoms with Crippen molar-refractivity contribution in [2.75, 3.05) is 12.4 Å². The molecule has 2 amide bonds. The van der Waals surface area contributed by atoms with Gasteiger partial charge in [-0.25, -0.2) is 0 Å². The number of aromatic nitrogens is 2. The van der Waals surface area contributed by atoms with Crippen LogP contribution in [-0.2, 0) is 16.1 Å². The van der Waals surface area contributed by atoms with E-state index < -0.39 is 5.92 Å². The van der Waals surface area contributed by atoms with Gasteiger partial charge in [0, 0.05) is 30.6 Å². The quantitative estimate of drug-likeness (QED) is 0.923. The summed E-state index contributed by atoms with van der Waals surface area (Å²) >= 11 is 1.53. The van der Waals surface area contributed by atoms with Crippen molar-refractivity contribution in [2.45, 2.75) is 19.0 Å². The van der Waals surface area contributed by atoms with Crippen molar-refractivity contribution in [1.29, 1.82) is 5.26 Å². The maximum Gasteiger partial charge on any atom is 0.231 e. The summed E-state index contributed by atoms with van der Waals surface area (Å²) in [6, 6.07) is 7.22. The third-order valence-electron chi connectivity index (χ3n) is 3.88. The third-order valence-corrected chi connectivity index (χ3v) is 4.83. The topological polar surface area (TPSA) is 91.0 Å². The fraction of sp³-hybridized carbons (Fsp3) is 0.333. The van der Waals surface area contributed by atoms with Crippen LogP contribution >= 0.6 is 11.3 Å². The summed E-state index contributed by atoms with van der Waals surface area (Å²) in [5.41, 5.74) is 0. The molecule has 3 heterocycles. The predicted octanol–water partition coefficient (Wildman–Crippen LogP) is 1.63. The first-order valence-corrected chi connectivity index (χ1v) is 7.98. The Morgan fingerprint density at radius 2 is 2.39 bits per heavy atom. The van der Waals surface area contributed by atoms with Crippen molar-refractivity contribution in [2.24, 2.45) is 5.92 Å². The Kier molecular flexibility index (Phi) is 4.12. The van der Waals surface area contributed by atoms with E-state index in [4.69, 9.17) is 5.26 Å². The number of hydrogen-bond donors (Lipinski definition) is 1. The van der Waals surface area contributed by atoms with Gasteiger partial charge in [0.1, 0.15) is 6.54 Å². The summed E-state index contributed by atoms with van der Waals surface area (Å²) in [5.74, 6) is -0.341. The fourth-order valence-electron chi connectivity index (χ4n) is 2.76. The summed E-state index contributed by atoms with van der Waals surface area (Å²) in [4.78, 5) is 27.2. The minimum Gasteiger partial charge on any atom is -0.337 e. The maximum absolute atomic E-state index is 12.6. The van der Waals surface area contributed by atoms with Crippen molar-refractivity contribution in [1.82, 2.24) is 14.7 Å². The lowest BCUT2D eigenvalue weighted by Crippen LogP contribution is -2.29. The van der Waals surface area contributed by atoms with Crippen LogP contribution in [-0.4, -0.2) is 33.5 Å². The van der Waals surface area contributed by atoms with Gasteiger partial charge in [0.2, 0.25) is 11.8 Å². The number of anilines is 1. The largest absolute Gasteiger partial charge is 0.337 e. The second-order valence-corrected chi connectivity index (χ2v) is 6.30. The van der Waals surface area contributed by atoms with E-state index in [1.54, 1.807) is 24.2 Å². The molecule has 23 heavy (non-hydrogen) atoms. The first-order chi connectivity index (χ1) is 11.1. The van der Waals surface area contributed by atoms with Gasteiger partial charge < -0.3 is 10.2 Å². The van der Waals surface area contributed by atoms with E-state index in [1.807, 2.05) is 23.6 Å².